The maximum Gasteiger partial charge on any atom is 0.251 e. The van der Waals surface area contributed by atoms with E-state index in [4.69, 9.17) is 0 Å². The minimum atomic E-state index is -0.112. The van der Waals surface area contributed by atoms with Gasteiger partial charge in [-0.25, -0.2) is 4.98 Å². The van der Waals surface area contributed by atoms with Gasteiger partial charge in [-0.05, 0) is 30.3 Å². The van der Waals surface area contributed by atoms with Crippen LogP contribution in [0.2, 0.25) is 0 Å². The highest BCUT2D eigenvalue weighted by Crippen LogP contribution is 2.13. The Kier molecular flexibility index (Phi) is 3.16. The molecule has 3 rings (SSSR count). The molecule has 0 radical (unpaired) electrons. The van der Waals surface area contributed by atoms with E-state index in [-0.39, 0.29) is 5.91 Å². The molecule has 0 spiro atoms. The van der Waals surface area contributed by atoms with Gasteiger partial charge in [0, 0.05) is 18.8 Å². The fourth-order valence-corrected chi connectivity index (χ4v) is 2.04. The summed E-state index contributed by atoms with van der Waals surface area (Å²) in [5.74, 6) is -0.112. The molecular weight excluding hydrogens is 252 g/mol. The third-order valence-electron chi connectivity index (χ3n) is 3.14. The molecule has 0 aliphatic carbocycles. The number of rotatable bonds is 3. The van der Waals surface area contributed by atoms with Crippen LogP contribution in [0, 0.1) is 0 Å². The highest BCUT2D eigenvalue weighted by atomic mass is 16.1. The first-order valence-corrected chi connectivity index (χ1v) is 6.33. The van der Waals surface area contributed by atoms with Crippen molar-refractivity contribution in [1.82, 2.24) is 19.9 Å². The van der Waals surface area contributed by atoms with Gasteiger partial charge in [0.05, 0.1) is 29.6 Å². The average molecular weight is 266 g/mol. The van der Waals surface area contributed by atoms with Gasteiger partial charge in [-0.2, -0.15) is 0 Å². The number of aryl methyl sites for hydroxylation is 1. The number of nitrogens with one attached hydrogen (secondary N) is 1. The second-order valence-electron chi connectivity index (χ2n) is 4.56. The molecule has 1 aromatic carbocycles. The summed E-state index contributed by atoms with van der Waals surface area (Å²) in [5, 5.41) is 2.86. The number of hydrogen-bond donors (Lipinski definition) is 1. The summed E-state index contributed by atoms with van der Waals surface area (Å²) in [4.78, 5) is 20.5. The Labute approximate surface area is 116 Å². The summed E-state index contributed by atoms with van der Waals surface area (Å²) < 4.78 is 1.89. The molecule has 0 bridgehead atoms. The Bertz CT molecular complexity index is 749. The third kappa shape index (κ3) is 2.38. The van der Waals surface area contributed by atoms with Gasteiger partial charge in [-0.15, -0.1) is 0 Å². The predicted molar refractivity (Wildman–Crippen MR) is 76.1 cm³/mol. The molecule has 3 aromatic rings. The summed E-state index contributed by atoms with van der Waals surface area (Å²) in [6.45, 7) is 0.420. The summed E-state index contributed by atoms with van der Waals surface area (Å²) in [6.07, 6.45) is 3.45. The van der Waals surface area contributed by atoms with E-state index in [1.54, 1.807) is 18.6 Å². The monoisotopic (exact) mass is 266 g/mol. The zero-order valence-electron chi connectivity index (χ0n) is 11.1. The zero-order chi connectivity index (χ0) is 13.9. The van der Waals surface area contributed by atoms with E-state index in [0.717, 1.165) is 16.7 Å². The van der Waals surface area contributed by atoms with Gasteiger partial charge in [-0.1, -0.05) is 6.07 Å². The van der Waals surface area contributed by atoms with E-state index in [1.165, 1.54) is 0 Å². The molecule has 0 fully saturated rings. The number of amides is 1. The lowest BCUT2D eigenvalue weighted by Gasteiger charge is -2.05. The van der Waals surface area contributed by atoms with Crippen LogP contribution in [0.3, 0.4) is 0 Å². The van der Waals surface area contributed by atoms with Crippen molar-refractivity contribution in [2.75, 3.05) is 0 Å². The van der Waals surface area contributed by atoms with E-state index in [0.29, 0.717) is 12.1 Å². The van der Waals surface area contributed by atoms with Crippen molar-refractivity contribution in [3.63, 3.8) is 0 Å². The van der Waals surface area contributed by atoms with E-state index in [1.807, 2.05) is 41.9 Å². The van der Waals surface area contributed by atoms with Crippen LogP contribution in [0.25, 0.3) is 11.0 Å². The Morgan fingerprint density at radius 2 is 2.15 bits per heavy atom. The van der Waals surface area contributed by atoms with Crippen LogP contribution in [0.4, 0.5) is 0 Å². The largest absolute Gasteiger partial charge is 0.346 e. The standard InChI is InChI=1S/C15H14N4O/c1-19-10-18-13-6-5-11(8-14(13)19)15(20)17-9-12-4-2-3-7-16-12/h2-8,10H,9H2,1H3,(H,17,20). The van der Waals surface area contributed by atoms with Crippen molar-refractivity contribution in [3.8, 4) is 0 Å². The fourth-order valence-electron chi connectivity index (χ4n) is 2.04. The average Bonchev–Trinajstić information content (AvgIpc) is 2.87. The molecule has 0 saturated carbocycles. The zero-order valence-corrected chi connectivity index (χ0v) is 11.1. The number of carbonyl (C=O) groups is 1. The Morgan fingerprint density at radius 1 is 1.25 bits per heavy atom. The highest BCUT2D eigenvalue weighted by Gasteiger charge is 2.08. The van der Waals surface area contributed by atoms with Gasteiger partial charge in [0.1, 0.15) is 0 Å². The Balaban J connectivity index is 1.77. The molecular formula is C15H14N4O. The van der Waals surface area contributed by atoms with E-state index in [2.05, 4.69) is 15.3 Å². The second kappa shape index (κ2) is 5.13. The minimum Gasteiger partial charge on any atom is -0.346 e. The summed E-state index contributed by atoms with van der Waals surface area (Å²) in [7, 11) is 1.91. The van der Waals surface area contributed by atoms with Crippen LogP contribution in [-0.2, 0) is 13.6 Å². The number of carbonyl (C=O) groups excluding carboxylic acids is 1. The second-order valence-corrected chi connectivity index (χ2v) is 4.56. The van der Waals surface area contributed by atoms with Crippen molar-refractivity contribution < 1.29 is 4.79 Å². The Hall–Kier alpha value is -2.69. The van der Waals surface area contributed by atoms with Gasteiger partial charge in [0.25, 0.3) is 5.91 Å². The molecule has 0 unspecified atom stereocenters. The number of nitrogens with zero attached hydrogens (tertiary/aromatic N) is 3. The van der Waals surface area contributed by atoms with E-state index >= 15 is 0 Å². The molecule has 2 aromatic heterocycles. The van der Waals surface area contributed by atoms with Gasteiger partial charge in [0.15, 0.2) is 0 Å². The first kappa shape index (κ1) is 12.3. The van der Waals surface area contributed by atoms with Crippen LogP contribution < -0.4 is 5.32 Å². The summed E-state index contributed by atoms with van der Waals surface area (Å²) in [5.41, 5.74) is 3.28. The van der Waals surface area contributed by atoms with E-state index in [9.17, 15) is 4.79 Å². The molecule has 0 aliphatic heterocycles. The van der Waals surface area contributed by atoms with Gasteiger partial charge in [0.2, 0.25) is 0 Å². The lowest BCUT2D eigenvalue weighted by Crippen LogP contribution is -2.23. The van der Waals surface area contributed by atoms with Gasteiger partial charge >= 0.3 is 0 Å². The smallest absolute Gasteiger partial charge is 0.251 e. The molecule has 0 aliphatic rings. The predicted octanol–water partition coefficient (Wildman–Crippen LogP) is 1.90. The maximum absolute atomic E-state index is 12.1. The van der Waals surface area contributed by atoms with Gasteiger partial charge in [-0.3, -0.25) is 9.78 Å². The van der Waals surface area contributed by atoms with Crippen molar-refractivity contribution >= 4 is 16.9 Å². The minimum absolute atomic E-state index is 0.112. The molecule has 100 valence electrons. The maximum atomic E-state index is 12.1. The Morgan fingerprint density at radius 3 is 2.95 bits per heavy atom. The number of pyridine rings is 1. The third-order valence-corrected chi connectivity index (χ3v) is 3.14. The highest BCUT2D eigenvalue weighted by molar-refractivity contribution is 5.97. The summed E-state index contributed by atoms with van der Waals surface area (Å²) in [6, 6.07) is 11.1. The topological polar surface area (TPSA) is 59.8 Å². The molecule has 1 amide bonds. The first-order valence-electron chi connectivity index (χ1n) is 6.33. The molecule has 2 heterocycles. The van der Waals surface area contributed by atoms with E-state index < -0.39 is 0 Å². The molecule has 0 saturated heterocycles. The van der Waals surface area contributed by atoms with Crippen LogP contribution in [0.5, 0.6) is 0 Å². The van der Waals surface area contributed by atoms with Crippen molar-refractivity contribution in [2.45, 2.75) is 6.54 Å². The number of hydrogen-bond acceptors (Lipinski definition) is 3. The lowest BCUT2D eigenvalue weighted by atomic mass is 10.2. The van der Waals surface area contributed by atoms with Gasteiger partial charge < -0.3 is 9.88 Å². The quantitative estimate of drug-likeness (QED) is 0.787. The normalized spacial score (nSPS) is 10.7. The number of imidazole rings is 1. The molecule has 5 nitrogen and oxygen atoms in total. The van der Waals surface area contributed by atoms with Crippen LogP contribution in [-0.4, -0.2) is 20.4 Å². The SMILES string of the molecule is Cn1cnc2ccc(C(=O)NCc3ccccn3)cc21. The number of benzene rings is 1. The molecule has 0 atom stereocenters. The van der Waals surface area contributed by atoms with Crippen LogP contribution >= 0.6 is 0 Å². The lowest BCUT2D eigenvalue weighted by molar-refractivity contribution is 0.0950. The van der Waals surface area contributed by atoms with Crippen molar-refractivity contribution in [1.29, 1.82) is 0 Å². The summed E-state index contributed by atoms with van der Waals surface area (Å²) >= 11 is 0. The molecule has 5 heteroatoms. The van der Waals surface area contributed by atoms with Crippen LogP contribution in [0.15, 0.2) is 48.9 Å². The number of aromatic nitrogens is 3. The van der Waals surface area contributed by atoms with Crippen molar-refractivity contribution in [3.05, 3.63) is 60.2 Å². The number of fused-ring (bicyclic) bond motifs is 1. The first-order chi connectivity index (χ1) is 9.74. The molecule has 1 N–H and O–H groups in total. The molecule has 20 heavy (non-hydrogen) atoms. The van der Waals surface area contributed by atoms with Crippen LogP contribution in [0.1, 0.15) is 16.1 Å². The van der Waals surface area contributed by atoms with Crippen molar-refractivity contribution in [2.24, 2.45) is 7.05 Å². The fraction of sp³-hybridized carbons (Fsp3) is 0.133.